The SMILES string of the molecule is O=c1c2ccccc2sc2nc3ccc(-c4ccc5c(c4)c4ccccc4n5-c4nc(-c5ccccc5)nc(-n5c6ccccc6c6ccccc65)n4)cc3n12. The van der Waals surface area contributed by atoms with Gasteiger partial charge in [0.15, 0.2) is 10.8 Å². The quantitative estimate of drug-likeness (QED) is 0.180. The molecule has 0 unspecified atom stereocenters. The Hall–Kier alpha value is -7.49. The molecule has 0 aliphatic carbocycles. The van der Waals surface area contributed by atoms with Gasteiger partial charge in [-0.3, -0.25) is 13.9 Å². The molecule has 0 fully saturated rings. The third kappa shape index (κ3) is 4.49. The number of hydrogen-bond donors (Lipinski definition) is 0. The number of para-hydroxylation sites is 3. The van der Waals surface area contributed by atoms with Gasteiger partial charge in [-0.15, -0.1) is 0 Å². The summed E-state index contributed by atoms with van der Waals surface area (Å²) < 4.78 is 6.96. The van der Waals surface area contributed by atoms with Crippen molar-refractivity contribution in [2.75, 3.05) is 0 Å². The zero-order valence-corrected chi connectivity index (χ0v) is 30.4. The van der Waals surface area contributed by atoms with E-state index >= 15 is 0 Å². The van der Waals surface area contributed by atoms with Crippen LogP contribution < -0.4 is 5.56 Å². The van der Waals surface area contributed by atoms with Gasteiger partial charge in [0.25, 0.3) is 5.56 Å². The van der Waals surface area contributed by atoms with E-state index in [1.807, 2.05) is 60.7 Å². The lowest BCUT2D eigenvalue weighted by Crippen LogP contribution is -2.11. The van der Waals surface area contributed by atoms with Gasteiger partial charge in [-0.2, -0.15) is 15.0 Å². The van der Waals surface area contributed by atoms with Crippen molar-refractivity contribution in [1.82, 2.24) is 33.5 Å². The average Bonchev–Trinajstić information content (AvgIpc) is 3.91. The van der Waals surface area contributed by atoms with Crippen LogP contribution in [0.5, 0.6) is 0 Å². The molecule has 0 atom stereocenters. The Morgan fingerprint density at radius 2 is 0.946 bits per heavy atom. The maximum absolute atomic E-state index is 13.7. The number of imidazole rings is 1. The lowest BCUT2D eigenvalue weighted by Gasteiger charge is -2.12. The third-order valence-corrected chi connectivity index (χ3v) is 11.8. The normalized spacial score (nSPS) is 12.0. The Morgan fingerprint density at radius 3 is 1.62 bits per heavy atom. The smallest absolute Gasteiger partial charge is 0.266 e. The lowest BCUT2D eigenvalue weighted by molar-refractivity contribution is 0.893. The highest BCUT2D eigenvalue weighted by Gasteiger charge is 2.21. The molecular weight excluding hydrogens is 711 g/mol. The second kappa shape index (κ2) is 11.8. The summed E-state index contributed by atoms with van der Waals surface area (Å²) in [6, 6.07) is 55.6. The minimum absolute atomic E-state index is 0.0555. The predicted octanol–water partition coefficient (Wildman–Crippen LogP) is 10.8. The van der Waals surface area contributed by atoms with Crippen molar-refractivity contribution in [3.8, 4) is 34.4 Å². The summed E-state index contributed by atoms with van der Waals surface area (Å²) in [5.41, 5.74) is 8.46. The number of rotatable bonds is 4. The highest BCUT2D eigenvalue weighted by Crippen LogP contribution is 2.37. The maximum Gasteiger partial charge on any atom is 0.266 e. The van der Waals surface area contributed by atoms with Crippen LogP contribution in [0.3, 0.4) is 0 Å². The highest BCUT2D eigenvalue weighted by molar-refractivity contribution is 7.23. The standard InChI is InChI=1S/C47H27N7OS/c55-44-34-17-7-11-21-42(34)56-47-48-36-24-22-30(27-41(36)54(44)47)29-23-25-40-35(26-29)33-16-6-10-20-39(33)53(40)46-50-43(28-12-2-1-3-13-28)49-45(51-46)52-37-18-8-4-14-31(37)32-15-5-9-19-38(32)52/h1-27H. The monoisotopic (exact) mass is 737 g/mol. The molecule has 9 heteroatoms. The molecule has 56 heavy (non-hydrogen) atoms. The van der Waals surface area contributed by atoms with E-state index in [0.717, 1.165) is 76.0 Å². The zero-order chi connectivity index (χ0) is 36.9. The van der Waals surface area contributed by atoms with E-state index in [1.54, 1.807) is 4.40 Å². The number of nitrogens with zero attached hydrogens (tertiary/aromatic N) is 7. The summed E-state index contributed by atoms with van der Waals surface area (Å²) in [4.78, 5) is 34.8. The van der Waals surface area contributed by atoms with Crippen LogP contribution >= 0.6 is 11.3 Å². The number of fused-ring (bicyclic) bond motifs is 10. The molecular formula is C47H27N7OS. The van der Waals surface area contributed by atoms with Crippen molar-refractivity contribution >= 4 is 81.0 Å². The molecule has 0 saturated carbocycles. The Balaban J connectivity index is 1.09. The summed E-state index contributed by atoms with van der Waals surface area (Å²) in [7, 11) is 0. The van der Waals surface area contributed by atoms with E-state index in [2.05, 4.69) is 112 Å². The zero-order valence-electron chi connectivity index (χ0n) is 29.5. The van der Waals surface area contributed by atoms with Crippen molar-refractivity contribution in [2.45, 2.75) is 0 Å². The highest BCUT2D eigenvalue weighted by atomic mass is 32.1. The molecule has 7 aromatic carbocycles. The third-order valence-electron chi connectivity index (χ3n) is 10.8. The van der Waals surface area contributed by atoms with E-state index in [1.165, 1.54) is 11.3 Å². The Labute approximate surface area is 321 Å². The molecule has 0 radical (unpaired) electrons. The first-order valence-electron chi connectivity index (χ1n) is 18.4. The first-order valence-corrected chi connectivity index (χ1v) is 19.2. The fourth-order valence-corrected chi connectivity index (χ4v) is 9.25. The molecule has 0 aliphatic heterocycles. The van der Waals surface area contributed by atoms with Crippen molar-refractivity contribution < 1.29 is 0 Å². The molecule has 0 aliphatic rings. The van der Waals surface area contributed by atoms with Gasteiger partial charge in [-0.25, -0.2) is 9.38 Å². The fourth-order valence-electron chi connectivity index (χ4n) is 8.22. The minimum Gasteiger partial charge on any atom is -0.278 e. The van der Waals surface area contributed by atoms with Gasteiger partial charge in [-0.1, -0.05) is 121 Å². The van der Waals surface area contributed by atoms with Crippen LogP contribution in [0, 0.1) is 0 Å². The van der Waals surface area contributed by atoms with E-state index in [4.69, 9.17) is 19.9 Å². The Kier molecular flexibility index (Phi) is 6.49. The maximum atomic E-state index is 13.7. The minimum atomic E-state index is -0.0555. The molecule has 0 spiro atoms. The molecule has 262 valence electrons. The second-order valence-electron chi connectivity index (χ2n) is 13.9. The van der Waals surface area contributed by atoms with Gasteiger partial charge in [0.1, 0.15) is 0 Å². The van der Waals surface area contributed by atoms with Crippen molar-refractivity contribution in [3.63, 3.8) is 0 Å². The Bertz CT molecular complexity index is 3580. The van der Waals surface area contributed by atoms with Crippen LogP contribution in [0.1, 0.15) is 0 Å². The van der Waals surface area contributed by atoms with Gasteiger partial charge < -0.3 is 0 Å². The molecule has 0 N–H and O–H groups in total. The van der Waals surface area contributed by atoms with Crippen molar-refractivity contribution in [3.05, 3.63) is 174 Å². The second-order valence-corrected chi connectivity index (χ2v) is 14.9. The number of benzene rings is 7. The van der Waals surface area contributed by atoms with Gasteiger partial charge in [0, 0.05) is 31.8 Å². The van der Waals surface area contributed by atoms with E-state index in [0.29, 0.717) is 28.1 Å². The van der Waals surface area contributed by atoms with Gasteiger partial charge in [0.2, 0.25) is 11.9 Å². The van der Waals surface area contributed by atoms with Crippen LogP contribution in [0.4, 0.5) is 0 Å². The fraction of sp³-hybridized carbons (Fsp3) is 0. The summed E-state index contributed by atoms with van der Waals surface area (Å²) in [5.74, 6) is 1.66. The average molecular weight is 738 g/mol. The van der Waals surface area contributed by atoms with E-state index in [9.17, 15) is 4.79 Å². The van der Waals surface area contributed by atoms with Crippen LogP contribution in [0.15, 0.2) is 169 Å². The molecule has 12 aromatic rings. The summed E-state index contributed by atoms with van der Waals surface area (Å²) in [5, 5.41) is 5.11. The topological polar surface area (TPSA) is 82.9 Å². The first-order chi connectivity index (χ1) is 27.7. The number of aromatic nitrogens is 7. The molecule has 0 amide bonds. The summed E-state index contributed by atoms with van der Waals surface area (Å²) in [6.07, 6.45) is 0. The van der Waals surface area contributed by atoms with Crippen LogP contribution in [0.2, 0.25) is 0 Å². The first kappa shape index (κ1) is 30.9. The van der Waals surface area contributed by atoms with E-state index < -0.39 is 0 Å². The number of hydrogen-bond acceptors (Lipinski definition) is 6. The molecule has 5 heterocycles. The molecule has 5 aromatic heterocycles. The van der Waals surface area contributed by atoms with E-state index in [-0.39, 0.29) is 5.56 Å². The van der Waals surface area contributed by atoms with Crippen LogP contribution in [-0.4, -0.2) is 33.5 Å². The van der Waals surface area contributed by atoms with Gasteiger partial charge in [0.05, 0.1) is 38.5 Å². The molecule has 0 bridgehead atoms. The molecule has 12 rings (SSSR count). The van der Waals surface area contributed by atoms with Crippen LogP contribution in [0.25, 0.3) is 104 Å². The predicted molar refractivity (Wildman–Crippen MR) is 227 cm³/mol. The Morgan fingerprint density at radius 1 is 0.411 bits per heavy atom. The van der Waals surface area contributed by atoms with Gasteiger partial charge in [-0.05, 0) is 65.7 Å². The summed E-state index contributed by atoms with van der Waals surface area (Å²) >= 11 is 1.53. The largest absolute Gasteiger partial charge is 0.278 e. The van der Waals surface area contributed by atoms with Gasteiger partial charge >= 0.3 is 0 Å². The van der Waals surface area contributed by atoms with Crippen LogP contribution in [-0.2, 0) is 0 Å². The summed E-state index contributed by atoms with van der Waals surface area (Å²) in [6.45, 7) is 0. The van der Waals surface area contributed by atoms with Crippen molar-refractivity contribution in [1.29, 1.82) is 0 Å². The van der Waals surface area contributed by atoms with Crippen molar-refractivity contribution in [2.24, 2.45) is 0 Å². The lowest BCUT2D eigenvalue weighted by atomic mass is 10.0. The molecule has 8 nitrogen and oxygen atoms in total. The molecule has 0 saturated heterocycles.